The summed E-state index contributed by atoms with van der Waals surface area (Å²) in [6.07, 6.45) is 0. The molecule has 0 saturated carbocycles. The number of benzene rings is 10. The van der Waals surface area contributed by atoms with Gasteiger partial charge in [0.25, 0.3) is 0 Å². The highest BCUT2D eigenvalue weighted by Gasteiger charge is 2.53. The van der Waals surface area contributed by atoms with Crippen LogP contribution in [-0.4, -0.2) is 0 Å². The van der Waals surface area contributed by atoms with Gasteiger partial charge in [-0.1, -0.05) is 204 Å². The molecule has 1 spiro atoms. The van der Waals surface area contributed by atoms with E-state index in [0.29, 0.717) is 0 Å². The van der Waals surface area contributed by atoms with Crippen LogP contribution in [0, 0.1) is 0 Å². The van der Waals surface area contributed by atoms with Crippen molar-refractivity contribution < 1.29 is 0 Å². The van der Waals surface area contributed by atoms with Gasteiger partial charge in [0, 0.05) is 33.5 Å². The highest BCUT2D eigenvalue weighted by molar-refractivity contribution is 6.01. The van der Waals surface area contributed by atoms with E-state index in [0.717, 1.165) is 22.7 Å². The first-order chi connectivity index (χ1) is 33.8. The number of anilines is 6. The molecule has 0 bridgehead atoms. The van der Waals surface area contributed by atoms with Crippen LogP contribution in [0.15, 0.2) is 231 Å². The minimum absolute atomic E-state index is 0.164. The van der Waals surface area contributed by atoms with Crippen molar-refractivity contribution in [2.75, 3.05) is 9.80 Å². The van der Waals surface area contributed by atoms with Gasteiger partial charge in [-0.2, -0.15) is 0 Å². The molecule has 0 saturated heterocycles. The summed E-state index contributed by atoms with van der Waals surface area (Å²) in [6, 6.07) is 86.9. The predicted octanol–water partition coefficient (Wildman–Crippen LogP) is 17.6. The molecule has 2 heteroatoms. The highest BCUT2D eigenvalue weighted by Crippen LogP contribution is 2.65. The molecule has 0 atom stereocenters. The van der Waals surface area contributed by atoms with Gasteiger partial charge in [-0.25, -0.2) is 0 Å². The van der Waals surface area contributed by atoms with E-state index in [4.69, 9.17) is 0 Å². The number of hydrogen-bond acceptors (Lipinski definition) is 2. The summed E-state index contributed by atoms with van der Waals surface area (Å²) in [5.41, 5.74) is 26.9. The van der Waals surface area contributed by atoms with Crippen LogP contribution in [0.4, 0.5) is 34.1 Å². The number of rotatable bonds is 5. The van der Waals surface area contributed by atoms with Crippen molar-refractivity contribution in [1.29, 1.82) is 0 Å². The molecule has 10 aromatic rings. The van der Waals surface area contributed by atoms with E-state index in [-0.39, 0.29) is 10.8 Å². The van der Waals surface area contributed by atoms with Gasteiger partial charge in [-0.3, -0.25) is 0 Å². The summed E-state index contributed by atoms with van der Waals surface area (Å²) >= 11 is 0. The zero-order valence-corrected chi connectivity index (χ0v) is 39.3. The van der Waals surface area contributed by atoms with Crippen LogP contribution >= 0.6 is 0 Å². The Labute approximate surface area is 405 Å². The van der Waals surface area contributed by atoms with E-state index >= 15 is 0 Å². The van der Waals surface area contributed by atoms with Crippen molar-refractivity contribution in [3.63, 3.8) is 0 Å². The molecule has 10 aromatic carbocycles. The van der Waals surface area contributed by atoms with Crippen LogP contribution in [0.25, 0.3) is 44.5 Å². The summed E-state index contributed by atoms with van der Waals surface area (Å²) < 4.78 is 0. The Morgan fingerprint density at radius 2 is 0.696 bits per heavy atom. The number of hydrogen-bond donors (Lipinski definition) is 0. The fourth-order valence-corrected chi connectivity index (χ4v) is 13.2. The second-order valence-electron chi connectivity index (χ2n) is 20.4. The molecule has 0 fully saturated rings. The van der Waals surface area contributed by atoms with Crippen LogP contribution in [-0.2, 0) is 16.2 Å². The van der Waals surface area contributed by atoms with Gasteiger partial charge in [0.05, 0.1) is 22.5 Å². The van der Waals surface area contributed by atoms with Crippen LogP contribution in [0.1, 0.15) is 72.2 Å². The molecule has 0 unspecified atom stereocenters. The summed E-state index contributed by atoms with van der Waals surface area (Å²) in [7, 11) is 0. The maximum atomic E-state index is 2.56. The molecule has 0 aromatic heterocycles. The van der Waals surface area contributed by atoms with Gasteiger partial charge >= 0.3 is 0 Å². The van der Waals surface area contributed by atoms with Crippen molar-refractivity contribution in [3.8, 4) is 44.5 Å². The third-order valence-corrected chi connectivity index (χ3v) is 16.3. The number of fused-ring (bicyclic) bond motifs is 15. The standard InChI is InChI=1S/C67H50N2/c1-65(2)54-29-12-8-23-46(54)49-39-37-44(41-59(49)65)68(45-38-40-50-47-24-9-13-30-55(47)66(3,4)60(50)42-45)61-34-17-11-26-51(61)53-28-20-27-52-48-25-10-14-31-56(48)67(64(52)53)57-32-15-18-35-62(57)69(43-21-6-5-7-22-43)63-36-19-16-33-58(63)67/h5-42H,1-4H3. The first-order valence-corrected chi connectivity index (χ1v) is 24.4. The molecular weight excluding hydrogens is 833 g/mol. The summed E-state index contributed by atoms with van der Waals surface area (Å²) in [5.74, 6) is 0. The fourth-order valence-electron chi connectivity index (χ4n) is 13.2. The highest BCUT2D eigenvalue weighted by atomic mass is 15.2. The number of para-hydroxylation sites is 4. The van der Waals surface area contributed by atoms with E-state index in [1.807, 2.05) is 0 Å². The zero-order chi connectivity index (χ0) is 46.2. The number of nitrogens with zero attached hydrogens (tertiary/aromatic N) is 2. The summed E-state index contributed by atoms with van der Waals surface area (Å²) in [6.45, 7) is 9.55. The van der Waals surface area contributed by atoms with Crippen LogP contribution in [0.2, 0.25) is 0 Å². The Kier molecular flexibility index (Phi) is 8.33. The monoisotopic (exact) mass is 882 g/mol. The average molecular weight is 883 g/mol. The molecule has 0 N–H and O–H groups in total. The topological polar surface area (TPSA) is 6.48 Å². The largest absolute Gasteiger partial charge is 0.310 e. The molecule has 14 rings (SSSR count). The molecule has 1 aliphatic heterocycles. The van der Waals surface area contributed by atoms with Gasteiger partial charge in [-0.05, 0) is 138 Å². The third kappa shape index (κ3) is 5.32. The lowest BCUT2D eigenvalue weighted by atomic mass is 9.63. The van der Waals surface area contributed by atoms with E-state index in [1.54, 1.807) is 0 Å². The SMILES string of the molecule is CC1(C)c2ccccc2-c2ccc(N(c3ccc4c(c3)C(C)(C)c3ccccc3-4)c3ccccc3-c3cccc4c3C3(c5ccccc5-4)c4ccccc4N(c4ccccc4)c4ccccc43)cc21. The fraction of sp³-hybridized carbons (Fsp3) is 0.104. The molecule has 4 aliphatic rings. The van der Waals surface area contributed by atoms with Crippen molar-refractivity contribution in [2.24, 2.45) is 0 Å². The smallest absolute Gasteiger partial charge is 0.0760 e. The molecule has 3 aliphatic carbocycles. The van der Waals surface area contributed by atoms with Crippen molar-refractivity contribution >= 4 is 34.1 Å². The first-order valence-electron chi connectivity index (χ1n) is 24.4. The molecule has 0 radical (unpaired) electrons. The predicted molar refractivity (Wildman–Crippen MR) is 287 cm³/mol. The molecule has 69 heavy (non-hydrogen) atoms. The van der Waals surface area contributed by atoms with E-state index in [2.05, 4.69) is 268 Å². The van der Waals surface area contributed by atoms with Gasteiger partial charge in [0.1, 0.15) is 0 Å². The maximum Gasteiger partial charge on any atom is 0.0760 e. The molecule has 328 valence electrons. The minimum atomic E-state index is -0.619. The Balaban J connectivity index is 1.05. The van der Waals surface area contributed by atoms with Crippen LogP contribution < -0.4 is 9.80 Å². The van der Waals surface area contributed by atoms with Gasteiger partial charge < -0.3 is 9.80 Å². The molecule has 1 heterocycles. The molecule has 0 amide bonds. The average Bonchev–Trinajstić information content (AvgIpc) is 3.92. The molecule has 2 nitrogen and oxygen atoms in total. The molecular formula is C67H50N2. The lowest BCUT2D eigenvalue weighted by Gasteiger charge is -2.45. The van der Waals surface area contributed by atoms with Crippen molar-refractivity contribution in [1.82, 2.24) is 0 Å². The third-order valence-electron chi connectivity index (χ3n) is 16.3. The first kappa shape index (κ1) is 39.9. The normalized spacial score (nSPS) is 15.3. The van der Waals surface area contributed by atoms with E-state index in [1.165, 1.54) is 100 Å². The lowest BCUT2D eigenvalue weighted by molar-refractivity contribution is 0.660. The van der Waals surface area contributed by atoms with Crippen molar-refractivity contribution in [3.05, 3.63) is 275 Å². The Morgan fingerprint density at radius 1 is 0.304 bits per heavy atom. The van der Waals surface area contributed by atoms with Gasteiger partial charge in [0.15, 0.2) is 0 Å². The maximum absolute atomic E-state index is 2.56. The minimum Gasteiger partial charge on any atom is -0.310 e. The van der Waals surface area contributed by atoms with Crippen molar-refractivity contribution in [2.45, 2.75) is 43.9 Å². The second kappa shape index (κ2) is 14.4. The van der Waals surface area contributed by atoms with E-state index < -0.39 is 5.41 Å². The lowest BCUT2D eigenvalue weighted by Crippen LogP contribution is -2.36. The second-order valence-corrected chi connectivity index (χ2v) is 20.4. The zero-order valence-electron chi connectivity index (χ0n) is 39.3. The quantitative estimate of drug-likeness (QED) is 0.170. The summed E-state index contributed by atoms with van der Waals surface area (Å²) in [4.78, 5) is 5.03. The van der Waals surface area contributed by atoms with E-state index in [9.17, 15) is 0 Å². The van der Waals surface area contributed by atoms with Gasteiger partial charge in [0.2, 0.25) is 0 Å². The van der Waals surface area contributed by atoms with Crippen LogP contribution in [0.5, 0.6) is 0 Å². The van der Waals surface area contributed by atoms with Gasteiger partial charge in [-0.15, -0.1) is 0 Å². The Morgan fingerprint density at radius 3 is 1.25 bits per heavy atom. The Bertz CT molecular complexity index is 3610. The summed E-state index contributed by atoms with van der Waals surface area (Å²) in [5, 5.41) is 0. The Hall–Kier alpha value is -8.20. The van der Waals surface area contributed by atoms with Crippen LogP contribution in [0.3, 0.4) is 0 Å².